The first kappa shape index (κ1) is 8.51. The highest BCUT2D eigenvalue weighted by Gasteiger charge is 2.18. The predicted octanol–water partition coefficient (Wildman–Crippen LogP) is 1.63. The van der Waals surface area contributed by atoms with E-state index in [1.165, 1.54) is 6.26 Å². The maximum atomic E-state index is 11.2. The third kappa shape index (κ3) is 1.52. The van der Waals surface area contributed by atoms with E-state index in [0.717, 1.165) is 11.1 Å². The maximum absolute atomic E-state index is 11.2. The lowest BCUT2D eigenvalue weighted by Crippen LogP contribution is -1.99. The third-order valence-electron chi connectivity index (χ3n) is 2.21. The highest BCUT2D eigenvalue weighted by Crippen LogP contribution is 2.27. The van der Waals surface area contributed by atoms with Gasteiger partial charge in [-0.1, -0.05) is 24.3 Å². The first-order valence-electron chi connectivity index (χ1n) is 4.06. The molecule has 1 aliphatic carbocycles. The quantitative estimate of drug-likeness (QED) is 0.681. The molecule has 0 heterocycles. The molecule has 13 heavy (non-hydrogen) atoms. The Labute approximate surface area is 77.8 Å². The van der Waals surface area contributed by atoms with Crippen molar-refractivity contribution in [2.45, 2.75) is 6.42 Å². The summed E-state index contributed by atoms with van der Waals surface area (Å²) < 4.78 is 22.5. The molecule has 0 atom stereocenters. The van der Waals surface area contributed by atoms with Crippen LogP contribution in [0.5, 0.6) is 0 Å². The van der Waals surface area contributed by atoms with Crippen molar-refractivity contribution in [3.05, 3.63) is 40.3 Å². The first-order chi connectivity index (χ1) is 6.07. The van der Waals surface area contributed by atoms with Crippen LogP contribution in [-0.2, 0) is 16.3 Å². The van der Waals surface area contributed by atoms with Gasteiger partial charge in [-0.25, -0.2) is 8.42 Å². The van der Waals surface area contributed by atoms with Crippen molar-refractivity contribution >= 4 is 15.9 Å². The minimum Gasteiger partial charge on any atom is -0.224 e. The number of hydrogen-bond donors (Lipinski definition) is 0. The van der Waals surface area contributed by atoms with Gasteiger partial charge >= 0.3 is 0 Å². The van der Waals surface area contributed by atoms with Gasteiger partial charge in [-0.05, 0) is 17.2 Å². The monoisotopic (exact) mass is 194 g/mol. The fraction of sp³-hybridized carbons (Fsp3) is 0.200. The summed E-state index contributed by atoms with van der Waals surface area (Å²) >= 11 is 0. The van der Waals surface area contributed by atoms with E-state index in [1.807, 2.05) is 24.3 Å². The van der Waals surface area contributed by atoms with Crippen molar-refractivity contribution in [1.29, 1.82) is 0 Å². The van der Waals surface area contributed by atoms with E-state index < -0.39 is 9.84 Å². The van der Waals surface area contributed by atoms with Crippen LogP contribution in [0.4, 0.5) is 0 Å². The van der Waals surface area contributed by atoms with Crippen LogP contribution in [0.25, 0.3) is 6.08 Å². The molecule has 2 nitrogen and oxygen atoms in total. The minimum atomic E-state index is -3.01. The molecule has 1 aromatic carbocycles. The smallest absolute Gasteiger partial charge is 0.172 e. The number of benzene rings is 1. The molecule has 0 unspecified atom stereocenters. The molecular weight excluding hydrogens is 184 g/mol. The van der Waals surface area contributed by atoms with Gasteiger partial charge in [0.1, 0.15) is 0 Å². The zero-order valence-corrected chi connectivity index (χ0v) is 8.14. The minimum absolute atomic E-state index is 0.522. The Hall–Kier alpha value is -1.09. The van der Waals surface area contributed by atoms with Gasteiger partial charge in [-0.15, -0.1) is 0 Å². The van der Waals surface area contributed by atoms with E-state index in [1.54, 1.807) is 6.08 Å². The second kappa shape index (κ2) is 2.70. The first-order valence-corrected chi connectivity index (χ1v) is 5.95. The molecule has 0 fully saturated rings. The number of allylic oxidation sites excluding steroid dienone is 1. The van der Waals surface area contributed by atoms with Crippen molar-refractivity contribution in [1.82, 2.24) is 0 Å². The summed E-state index contributed by atoms with van der Waals surface area (Å²) in [6, 6.07) is 7.75. The topological polar surface area (TPSA) is 34.1 Å². The van der Waals surface area contributed by atoms with Crippen LogP contribution in [0.3, 0.4) is 0 Å². The van der Waals surface area contributed by atoms with Crippen LogP contribution in [0.15, 0.2) is 29.2 Å². The molecule has 0 aliphatic heterocycles. The van der Waals surface area contributed by atoms with Crippen LogP contribution >= 0.6 is 0 Å². The number of hydrogen-bond acceptors (Lipinski definition) is 2. The van der Waals surface area contributed by atoms with Crippen LogP contribution in [0, 0.1) is 0 Å². The molecule has 0 N–H and O–H groups in total. The molecule has 1 aliphatic rings. The summed E-state index contributed by atoms with van der Waals surface area (Å²) in [5.41, 5.74) is 2.13. The molecule has 0 radical (unpaired) electrons. The molecule has 1 aromatic rings. The van der Waals surface area contributed by atoms with Gasteiger partial charge in [-0.3, -0.25) is 0 Å². The second-order valence-electron chi connectivity index (χ2n) is 3.26. The number of rotatable bonds is 1. The summed E-state index contributed by atoms with van der Waals surface area (Å²) in [5, 5.41) is 0. The standard InChI is InChI=1S/C10H10O2S/c1-13(11,12)10-6-8-4-2-3-5-9(8)7-10/h2-6H,7H2,1H3. The Morgan fingerprint density at radius 3 is 2.54 bits per heavy atom. The van der Waals surface area contributed by atoms with Crippen LogP contribution in [-0.4, -0.2) is 14.7 Å². The molecule has 0 amide bonds. The molecule has 0 spiro atoms. The van der Waals surface area contributed by atoms with Gasteiger partial charge in [-0.2, -0.15) is 0 Å². The zero-order valence-electron chi connectivity index (χ0n) is 7.32. The highest BCUT2D eigenvalue weighted by atomic mass is 32.2. The molecule has 68 valence electrons. The molecule has 0 aromatic heterocycles. The predicted molar refractivity (Wildman–Crippen MR) is 53.0 cm³/mol. The van der Waals surface area contributed by atoms with E-state index in [9.17, 15) is 8.42 Å². The third-order valence-corrected chi connectivity index (χ3v) is 3.43. The van der Waals surface area contributed by atoms with Gasteiger partial charge in [0, 0.05) is 17.6 Å². The van der Waals surface area contributed by atoms with Crippen molar-refractivity contribution in [2.24, 2.45) is 0 Å². The summed E-state index contributed by atoms with van der Waals surface area (Å²) in [6.45, 7) is 0. The normalized spacial score (nSPS) is 15.3. The largest absolute Gasteiger partial charge is 0.224 e. The molecule has 0 bridgehead atoms. The van der Waals surface area contributed by atoms with Crippen molar-refractivity contribution in [3.63, 3.8) is 0 Å². The van der Waals surface area contributed by atoms with Crippen LogP contribution < -0.4 is 0 Å². The van der Waals surface area contributed by atoms with E-state index >= 15 is 0 Å². The summed E-state index contributed by atoms with van der Waals surface area (Å²) in [5.74, 6) is 0. The van der Waals surface area contributed by atoms with E-state index in [2.05, 4.69) is 0 Å². The van der Waals surface area contributed by atoms with Crippen molar-refractivity contribution < 1.29 is 8.42 Å². The molecule has 2 rings (SSSR count). The van der Waals surface area contributed by atoms with Crippen molar-refractivity contribution in [3.8, 4) is 0 Å². The van der Waals surface area contributed by atoms with E-state index in [0.29, 0.717) is 11.3 Å². The maximum Gasteiger partial charge on any atom is 0.172 e. The Kier molecular flexibility index (Phi) is 1.77. The van der Waals surface area contributed by atoms with Gasteiger partial charge in [0.05, 0.1) is 0 Å². The van der Waals surface area contributed by atoms with Gasteiger partial charge in [0.15, 0.2) is 9.84 Å². The second-order valence-corrected chi connectivity index (χ2v) is 5.33. The fourth-order valence-corrected chi connectivity index (χ4v) is 2.25. The van der Waals surface area contributed by atoms with Crippen LogP contribution in [0.2, 0.25) is 0 Å². The molecule has 0 saturated heterocycles. The Morgan fingerprint density at radius 2 is 1.92 bits per heavy atom. The van der Waals surface area contributed by atoms with Gasteiger partial charge in [0.2, 0.25) is 0 Å². The highest BCUT2D eigenvalue weighted by molar-refractivity contribution is 7.94. The molecular formula is C10H10O2S. The molecule has 0 saturated carbocycles. The average Bonchev–Trinajstić information content (AvgIpc) is 2.45. The average molecular weight is 194 g/mol. The Bertz CT molecular complexity index is 469. The van der Waals surface area contributed by atoms with Crippen LogP contribution in [0.1, 0.15) is 11.1 Å². The zero-order chi connectivity index (χ0) is 9.47. The lowest BCUT2D eigenvalue weighted by atomic mass is 10.1. The lowest BCUT2D eigenvalue weighted by Gasteiger charge is -1.96. The van der Waals surface area contributed by atoms with Gasteiger partial charge < -0.3 is 0 Å². The number of sulfone groups is 1. The summed E-state index contributed by atoms with van der Waals surface area (Å²) in [4.78, 5) is 0.522. The fourth-order valence-electron chi connectivity index (χ4n) is 1.49. The molecule has 3 heteroatoms. The Balaban J connectivity index is 2.48. The summed E-state index contributed by atoms with van der Waals surface area (Å²) in [6.07, 6.45) is 3.56. The lowest BCUT2D eigenvalue weighted by molar-refractivity contribution is 0.607. The SMILES string of the molecule is CS(=O)(=O)C1=Cc2ccccc2C1. The number of fused-ring (bicyclic) bond motifs is 1. The van der Waals surface area contributed by atoms with E-state index in [-0.39, 0.29) is 0 Å². The Morgan fingerprint density at radius 1 is 1.23 bits per heavy atom. The van der Waals surface area contributed by atoms with Gasteiger partial charge in [0.25, 0.3) is 0 Å². The summed E-state index contributed by atoms with van der Waals surface area (Å²) in [7, 11) is -3.01. The van der Waals surface area contributed by atoms with E-state index in [4.69, 9.17) is 0 Å². The van der Waals surface area contributed by atoms with Crippen molar-refractivity contribution in [2.75, 3.05) is 6.26 Å².